The van der Waals surface area contributed by atoms with Crippen molar-refractivity contribution in [2.75, 3.05) is 0 Å². The van der Waals surface area contributed by atoms with Crippen molar-refractivity contribution in [3.05, 3.63) is 25.3 Å². The Morgan fingerprint density at radius 2 is 1.52 bits per heavy atom. The molecular formula is C10H11Na3O7S. The molecule has 0 saturated carbocycles. The number of carboxylic acid groups (broad SMARTS) is 2. The van der Waals surface area contributed by atoms with E-state index in [0.717, 1.165) is 12.2 Å². The van der Waals surface area contributed by atoms with Crippen LogP contribution in [0.25, 0.3) is 0 Å². The molecule has 0 rings (SSSR count). The Morgan fingerprint density at radius 1 is 1.10 bits per heavy atom. The predicted octanol–water partition coefficient (Wildman–Crippen LogP) is -11.4. The zero-order valence-corrected chi connectivity index (χ0v) is 19.1. The van der Waals surface area contributed by atoms with Crippen LogP contribution >= 0.6 is 0 Å². The molecule has 2 unspecified atom stereocenters. The fraction of sp³-hybridized carbons (Fsp3) is 0.400. The van der Waals surface area contributed by atoms with Gasteiger partial charge in [0.25, 0.3) is 0 Å². The average molecular weight is 344 g/mol. The van der Waals surface area contributed by atoms with E-state index < -0.39 is 45.6 Å². The van der Waals surface area contributed by atoms with Gasteiger partial charge in [0.2, 0.25) is 0 Å². The molecule has 0 aliphatic rings. The molecule has 0 aliphatic carbocycles. The van der Waals surface area contributed by atoms with Crippen LogP contribution in [-0.4, -0.2) is 29.7 Å². The van der Waals surface area contributed by atoms with E-state index in [1.54, 1.807) is 0 Å². The summed E-state index contributed by atoms with van der Waals surface area (Å²) in [6.07, 6.45) is 0.343. The van der Waals surface area contributed by atoms with E-state index in [1.807, 2.05) is 0 Å². The quantitative estimate of drug-likeness (QED) is 0.242. The molecular weight excluding hydrogens is 333 g/mol. The molecule has 0 aromatic carbocycles. The summed E-state index contributed by atoms with van der Waals surface area (Å²) in [4.78, 5) is 21.9. The van der Waals surface area contributed by atoms with Gasteiger partial charge >= 0.3 is 88.7 Å². The van der Waals surface area contributed by atoms with Crippen LogP contribution in [0.3, 0.4) is 0 Å². The zero-order chi connectivity index (χ0) is 14.6. The van der Waals surface area contributed by atoms with Crippen LogP contribution in [0.15, 0.2) is 25.3 Å². The Bertz CT molecular complexity index is 477. The Labute approximate surface area is 189 Å². The number of carbonyl (C=O) groups is 2. The maximum atomic E-state index is 11.2. The first-order valence-corrected chi connectivity index (χ1v) is 6.15. The minimum Gasteiger partial charge on any atom is -0.747 e. The van der Waals surface area contributed by atoms with Gasteiger partial charge in [0.15, 0.2) is 0 Å². The van der Waals surface area contributed by atoms with Crippen molar-refractivity contribution in [3.63, 3.8) is 0 Å². The molecule has 0 spiro atoms. The van der Waals surface area contributed by atoms with E-state index in [2.05, 4.69) is 13.2 Å². The smallest absolute Gasteiger partial charge is 0.747 e. The van der Waals surface area contributed by atoms with Crippen LogP contribution in [0.5, 0.6) is 0 Å². The Morgan fingerprint density at radius 3 is 1.71 bits per heavy atom. The van der Waals surface area contributed by atoms with Crippen molar-refractivity contribution in [2.24, 2.45) is 5.92 Å². The summed E-state index contributed by atoms with van der Waals surface area (Å²) in [5.41, 5.74) is 0. The van der Waals surface area contributed by atoms with Crippen molar-refractivity contribution in [1.82, 2.24) is 0 Å². The molecule has 0 aliphatic heterocycles. The zero-order valence-electron chi connectivity index (χ0n) is 12.3. The van der Waals surface area contributed by atoms with Crippen LogP contribution in [0.1, 0.15) is 12.8 Å². The van der Waals surface area contributed by atoms with Crippen LogP contribution in [-0.2, 0) is 19.7 Å². The van der Waals surface area contributed by atoms with Crippen molar-refractivity contribution in [3.8, 4) is 0 Å². The summed E-state index contributed by atoms with van der Waals surface area (Å²) in [5.74, 6) is -6.38. The SMILES string of the molecule is C=CCC(C(=O)[O-])C(CC=C)(C(=O)[O-])S(=O)(=O)[O-].[Na+].[Na+].[Na+]. The Hall–Kier alpha value is 1.33. The number of aliphatic carboxylic acids is 2. The third kappa shape index (κ3) is 7.17. The summed E-state index contributed by atoms with van der Waals surface area (Å²) in [5, 5.41) is 21.9. The predicted molar refractivity (Wildman–Crippen MR) is 55.6 cm³/mol. The summed E-state index contributed by atoms with van der Waals surface area (Å²) in [7, 11) is -5.51. The first-order chi connectivity index (χ1) is 8.15. The summed E-state index contributed by atoms with van der Waals surface area (Å²) in [6, 6.07) is 0. The average Bonchev–Trinajstić information content (AvgIpc) is 2.20. The summed E-state index contributed by atoms with van der Waals surface area (Å²) in [6.45, 7) is 6.28. The van der Waals surface area contributed by atoms with E-state index in [-0.39, 0.29) is 88.7 Å². The third-order valence-electron chi connectivity index (χ3n) is 2.49. The van der Waals surface area contributed by atoms with Crippen molar-refractivity contribution in [1.29, 1.82) is 0 Å². The van der Waals surface area contributed by atoms with Gasteiger partial charge in [-0.25, -0.2) is 8.42 Å². The second kappa shape index (κ2) is 12.7. The molecule has 11 heteroatoms. The van der Waals surface area contributed by atoms with Gasteiger partial charge in [0.05, 0.1) is 5.97 Å². The van der Waals surface area contributed by atoms with Gasteiger partial charge in [-0.3, -0.25) is 0 Å². The van der Waals surface area contributed by atoms with Gasteiger partial charge in [-0.1, -0.05) is 12.2 Å². The maximum Gasteiger partial charge on any atom is 1.00 e. The third-order valence-corrected chi connectivity index (χ3v) is 4.00. The number of hydrogen-bond acceptors (Lipinski definition) is 7. The van der Waals surface area contributed by atoms with E-state index in [4.69, 9.17) is 0 Å². The van der Waals surface area contributed by atoms with Gasteiger partial charge in [-0.05, 0) is 12.8 Å². The minimum atomic E-state index is -5.51. The van der Waals surface area contributed by atoms with Crippen LogP contribution in [0, 0.1) is 5.92 Å². The molecule has 0 amide bonds. The Kier molecular flexibility index (Phi) is 18.3. The maximum absolute atomic E-state index is 11.2. The number of carboxylic acids is 2. The van der Waals surface area contributed by atoms with Gasteiger partial charge in [0.1, 0.15) is 14.9 Å². The molecule has 0 radical (unpaired) electrons. The molecule has 0 aromatic rings. The second-order valence-electron chi connectivity index (χ2n) is 3.52. The van der Waals surface area contributed by atoms with Crippen molar-refractivity contribution in [2.45, 2.75) is 17.6 Å². The minimum absolute atomic E-state index is 0. The standard InChI is InChI=1S/C10H14O7S.3Na/c1-3-5-7(8(11)12)10(6-4-2,9(13)14)18(15,16)17;;;/h3-4,7H,1-2,5-6H2,(H,11,12)(H,13,14)(H,15,16,17);;;/q;3*+1/p-3. The van der Waals surface area contributed by atoms with E-state index >= 15 is 0 Å². The number of hydrogen-bond donors (Lipinski definition) is 0. The van der Waals surface area contributed by atoms with Crippen LogP contribution in [0.2, 0.25) is 0 Å². The largest absolute Gasteiger partial charge is 1.00 e. The van der Waals surface area contributed by atoms with Crippen LogP contribution in [0.4, 0.5) is 0 Å². The number of allylic oxidation sites excluding steroid dienone is 2. The van der Waals surface area contributed by atoms with Gasteiger partial charge in [-0.2, -0.15) is 0 Å². The molecule has 0 bridgehead atoms. The van der Waals surface area contributed by atoms with Gasteiger partial charge in [-0.15, -0.1) is 13.2 Å². The molecule has 0 aromatic heterocycles. The molecule has 7 nitrogen and oxygen atoms in total. The fourth-order valence-electron chi connectivity index (χ4n) is 1.60. The summed E-state index contributed by atoms with van der Waals surface area (Å²) < 4.78 is 30.3. The van der Waals surface area contributed by atoms with E-state index in [0.29, 0.717) is 0 Å². The van der Waals surface area contributed by atoms with Gasteiger partial charge in [0, 0.05) is 11.9 Å². The van der Waals surface area contributed by atoms with Gasteiger partial charge < -0.3 is 24.4 Å². The monoisotopic (exact) mass is 344 g/mol. The topological polar surface area (TPSA) is 137 Å². The fourth-order valence-corrected chi connectivity index (χ4v) is 2.67. The van der Waals surface area contributed by atoms with Crippen molar-refractivity contribution < 1.29 is 121 Å². The molecule has 0 N–H and O–H groups in total. The Balaban J connectivity index is -0.000000482. The molecule has 21 heavy (non-hydrogen) atoms. The van der Waals surface area contributed by atoms with Crippen LogP contribution < -0.4 is 98.9 Å². The van der Waals surface area contributed by atoms with E-state index in [9.17, 15) is 32.8 Å². The summed E-state index contributed by atoms with van der Waals surface area (Å²) >= 11 is 0. The molecule has 0 fully saturated rings. The first kappa shape index (κ1) is 30.2. The normalized spacial score (nSPS) is 14.0. The molecule has 0 saturated heterocycles. The molecule has 2 atom stereocenters. The molecule has 0 heterocycles. The number of rotatable bonds is 8. The van der Waals surface area contributed by atoms with E-state index in [1.165, 1.54) is 0 Å². The molecule has 102 valence electrons. The second-order valence-corrected chi connectivity index (χ2v) is 5.16. The first-order valence-electron chi connectivity index (χ1n) is 4.74. The number of carbonyl (C=O) groups excluding carboxylic acids is 2. The van der Waals surface area contributed by atoms with Crippen molar-refractivity contribution >= 4 is 22.1 Å².